The fraction of sp³-hybridized carbons (Fsp3) is 0.312. The van der Waals surface area contributed by atoms with Crippen LogP contribution in [-0.4, -0.2) is 29.0 Å². The van der Waals surface area contributed by atoms with Crippen LogP contribution in [0.5, 0.6) is 0 Å². The summed E-state index contributed by atoms with van der Waals surface area (Å²) in [4.78, 5) is 21.6. The summed E-state index contributed by atoms with van der Waals surface area (Å²) in [5, 5.41) is 11.7. The molecule has 122 valence electrons. The molecule has 1 aromatic carbocycles. The maximum Gasteiger partial charge on any atom is 0.191 e. The lowest BCUT2D eigenvalue weighted by Crippen LogP contribution is -2.23. The Morgan fingerprint density at radius 3 is 2.43 bits per heavy atom. The number of aromatic nitrogens is 2. The Labute approximate surface area is 144 Å². The Balaban J connectivity index is 2.09. The van der Waals surface area contributed by atoms with Crippen molar-refractivity contribution in [3.63, 3.8) is 0 Å². The third kappa shape index (κ3) is 4.84. The lowest BCUT2D eigenvalue weighted by Gasteiger charge is -2.20. The number of thioether (sulfide) groups is 1. The lowest BCUT2D eigenvalue weighted by atomic mass is 10.1. The van der Waals surface area contributed by atoms with Gasteiger partial charge in [-0.3, -0.25) is 0 Å². The van der Waals surface area contributed by atoms with Crippen LogP contribution in [0.25, 0.3) is 0 Å². The van der Waals surface area contributed by atoms with Gasteiger partial charge in [0.2, 0.25) is 0 Å². The highest BCUT2D eigenvalue weighted by atomic mass is 35.5. The minimum atomic E-state index is -1.17. The zero-order chi connectivity index (χ0) is 16.8. The molecule has 0 aliphatic heterocycles. The normalized spacial score (nSPS) is 10.6. The maximum absolute atomic E-state index is 10.7. The molecule has 0 saturated carbocycles. The molecule has 0 bridgehead atoms. The molecule has 0 atom stereocenters. The fourth-order valence-electron chi connectivity index (χ4n) is 2.04. The first-order chi connectivity index (χ1) is 11.0. The number of halogens is 1. The van der Waals surface area contributed by atoms with Crippen molar-refractivity contribution in [1.82, 2.24) is 9.97 Å². The van der Waals surface area contributed by atoms with Gasteiger partial charge in [-0.1, -0.05) is 47.6 Å². The van der Waals surface area contributed by atoms with Crippen molar-refractivity contribution < 1.29 is 9.90 Å². The minimum Gasteiger partial charge on any atom is -0.545 e. The van der Waals surface area contributed by atoms with Crippen molar-refractivity contribution in [1.29, 1.82) is 0 Å². The van der Waals surface area contributed by atoms with Crippen LogP contribution >= 0.6 is 23.4 Å². The molecular formula is C16H17ClN3O2S-. The van der Waals surface area contributed by atoms with E-state index in [0.717, 1.165) is 24.5 Å². The van der Waals surface area contributed by atoms with Crippen molar-refractivity contribution in [2.75, 3.05) is 18.0 Å². The second-order valence-corrected chi connectivity index (χ2v) is 6.11. The number of hydrogen-bond acceptors (Lipinski definition) is 6. The van der Waals surface area contributed by atoms with Crippen molar-refractivity contribution >= 4 is 35.1 Å². The van der Waals surface area contributed by atoms with Gasteiger partial charge >= 0.3 is 0 Å². The van der Waals surface area contributed by atoms with Gasteiger partial charge in [-0.25, -0.2) is 9.97 Å². The van der Waals surface area contributed by atoms with E-state index >= 15 is 0 Å². The molecule has 0 fully saturated rings. The molecule has 0 spiro atoms. The second-order valence-electron chi connectivity index (χ2n) is 4.78. The van der Waals surface area contributed by atoms with E-state index in [4.69, 9.17) is 11.6 Å². The number of benzene rings is 1. The molecule has 2 aromatic rings. The van der Waals surface area contributed by atoms with Crippen molar-refractivity contribution in [3.8, 4) is 0 Å². The quantitative estimate of drug-likeness (QED) is 0.434. The number of carboxylic acids is 1. The predicted octanol–water partition coefficient (Wildman–Crippen LogP) is 2.63. The highest BCUT2D eigenvalue weighted by Gasteiger charge is 2.09. The van der Waals surface area contributed by atoms with Gasteiger partial charge in [0, 0.05) is 24.9 Å². The van der Waals surface area contributed by atoms with E-state index in [-0.39, 0.29) is 5.56 Å². The molecule has 5 nitrogen and oxygen atoms in total. The molecule has 23 heavy (non-hydrogen) atoms. The van der Waals surface area contributed by atoms with Gasteiger partial charge < -0.3 is 14.8 Å². The van der Waals surface area contributed by atoms with Crippen molar-refractivity contribution in [2.45, 2.75) is 24.8 Å². The fourth-order valence-corrected chi connectivity index (χ4v) is 3.08. The summed E-state index contributed by atoms with van der Waals surface area (Å²) in [7, 11) is 0. The van der Waals surface area contributed by atoms with Crippen LogP contribution in [0.3, 0.4) is 0 Å². The minimum absolute atomic E-state index is 0.168. The Morgan fingerprint density at radius 2 is 1.87 bits per heavy atom. The molecule has 0 unspecified atom stereocenters. The summed E-state index contributed by atoms with van der Waals surface area (Å²) in [6.45, 7) is 5.81. The number of aromatic carboxylic acids is 1. The Kier molecular flexibility index (Phi) is 6.24. The summed E-state index contributed by atoms with van der Waals surface area (Å²) in [6, 6.07) is 8.34. The highest BCUT2D eigenvalue weighted by molar-refractivity contribution is 7.98. The van der Waals surface area contributed by atoms with Crippen LogP contribution in [-0.2, 0) is 5.75 Å². The first-order valence-electron chi connectivity index (χ1n) is 7.26. The zero-order valence-corrected chi connectivity index (χ0v) is 14.5. The molecule has 0 N–H and O–H groups in total. The molecule has 0 aliphatic carbocycles. The summed E-state index contributed by atoms with van der Waals surface area (Å²) < 4.78 is 0. The first kappa shape index (κ1) is 17.6. The monoisotopic (exact) mass is 350 g/mol. The van der Waals surface area contributed by atoms with Crippen LogP contribution in [0.4, 0.5) is 5.82 Å². The number of carboxylic acid groups (broad SMARTS) is 1. The molecule has 0 amide bonds. The van der Waals surface area contributed by atoms with E-state index in [1.165, 1.54) is 23.9 Å². The number of carbonyl (C=O) groups is 1. The summed E-state index contributed by atoms with van der Waals surface area (Å²) in [6.07, 6.45) is 0. The van der Waals surface area contributed by atoms with E-state index < -0.39 is 5.97 Å². The third-order valence-corrected chi connectivity index (χ3v) is 4.42. The van der Waals surface area contributed by atoms with E-state index in [2.05, 4.69) is 28.7 Å². The van der Waals surface area contributed by atoms with Gasteiger partial charge in [0.1, 0.15) is 11.0 Å². The SMILES string of the molecule is CCN(CC)c1cc(Cl)nc(SCc2ccc(C(=O)[O-])cc2)n1. The largest absolute Gasteiger partial charge is 0.545 e. The van der Waals surface area contributed by atoms with E-state index in [9.17, 15) is 9.90 Å². The molecule has 0 saturated heterocycles. The van der Waals surface area contributed by atoms with Crippen molar-refractivity contribution in [3.05, 3.63) is 46.6 Å². The van der Waals surface area contributed by atoms with Gasteiger partial charge in [-0.2, -0.15) is 0 Å². The number of nitrogens with zero attached hydrogens (tertiary/aromatic N) is 3. The standard InChI is InChI=1S/C16H18ClN3O2S/c1-3-20(4-2)14-9-13(17)18-16(19-14)23-10-11-5-7-12(8-6-11)15(21)22/h5-9H,3-4,10H2,1-2H3,(H,21,22)/p-1. The summed E-state index contributed by atoms with van der Waals surface area (Å²) >= 11 is 7.54. The molecule has 2 rings (SSSR count). The highest BCUT2D eigenvalue weighted by Crippen LogP contribution is 2.24. The summed E-state index contributed by atoms with van der Waals surface area (Å²) in [5.74, 6) is 0.266. The summed E-state index contributed by atoms with van der Waals surface area (Å²) in [5.41, 5.74) is 1.15. The van der Waals surface area contributed by atoms with Gasteiger partial charge in [-0.15, -0.1) is 0 Å². The number of carbonyl (C=O) groups excluding carboxylic acids is 1. The lowest BCUT2D eigenvalue weighted by molar-refractivity contribution is -0.255. The van der Waals surface area contributed by atoms with E-state index in [1.807, 2.05) is 0 Å². The molecule has 0 radical (unpaired) electrons. The Hall–Kier alpha value is -1.79. The van der Waals surface area contributed by atoms with Gasteiger partial charge in [-0.05, 0) is 25.0 Å². The van der Waals surface area contributed by atoms with E-state index in [1.54, 1.807) is 18.2 Å². The Morgan fingerprint density at radius 1 is 1.22 bits per heavy atom. The van der Waals surface area contributed by atoms with Crippen molar-refractivity contribution in [2.24, 2.45) is 0 Å². The average Bonchev–Trinajstić information content (AvgIpc) is 2.54. The molecule has 0 aliphatic rings. The van der Waals surface area contributed by atoms with Gasteiger partial charge in [0.25, 0.3) is 0 Å². The van der Waals surface area contributed by atoms with E-state index in [0.29, 0.717) is 16.1 Å². The third-order valence-electron chi connectivity index (χ3n) is 3.31. The first-order valence-corrected chi connectivity index (χ1v) is 8.62. The van der Waals surface area contributed by atoms with Gasteiger partial charge in [0.15, 0.2) is 5.16 Å². The number of hydrogen-bond donors (Lipinski definition) is 0. The molecule has 1 aromatic heterocycles. The molecule has 7 heteroatoms. The van der Waals surface area contributed by atoms with Crippen LogP contribution in [0.1, 0.15) is 29.8 Å². The molecule has 1 heterocycles. The smallest absolute Gasteiger partial charge is 0.191 e. The van der Waals surface area contributed by atoms with Crippen LogP contribution in [0, 0.1) is 0 Å². The topological polar surface area (TPSA) is 69.2 Å². The van der Waals surface area contributed by atoms with Crippen LogP contribution < -0.4 is 10.0 Å². The van der Waals surface area contributed by atoms with Crippen LogP contribution in [0.15, 0.2) is 35.5 Å². The Bertz CT molecular complexity index is 676. The number of rotatable bonds is 7. The second kappa shape index (κ2) is 8.17. The van der Waals surface area contributed by atoms with Gasteiger partial charge in [0.05, 0.1) is 5.97 Å². The zero-order valence-electron chi connectivity index (χ0n) is 13.0. The van der Waals surface area contributed by atoms with Crippen LogP contribution in [0.2, 0.25) is 5.15 Å². The predicted molar refractivity (Wildman–Crippen MR) is 90.9 cm³/mol. The molecular weight excluding hydrogens is 334 g/mol. The maximum atomic E-state index is 10.7. The average molecular weight is 351 g/mol. The number of anilines is 1.